The van der Waals surface area contributed by atoms with Gasteiger partial charge in [0.05, 0.1) is 6.54 Å². The van der Waals surface area contributed by atoms with E-state index in [-0.39, 0.29) is 18.4 Å². The summed E-state index contributed by atoms with van der Waals surface area (Å²) in [6, 6.07) is 7.35. The summed E-state index contributed by atoms with van der Waals surface area (Å²) in [5.74, 6) is -0.811. The quantitative estimate of drug-likeness (QED) is 0.834. The number of primary amides is 1. The van der Waals surface area contributed by atoms with E-state index in [1.807, 2.05) is 37.1 Å². The number of rotatable bonds is 5. The molecule has 25 heavy (non-hydrogen) atoms. The first kappa shape index (κ1) is 18.8. The summed E-state index contributed by atoms with van der Waals surface area (Å²) >= 11 is 0. The summed E-state index contributed by atoms with van der Waals surface area (Å²) in [5.41, 5.74) is 7.62. The van der Waals surface area contributed by atoms with Gasteiger partial charge in [-0.15, -0.1) is 0 Å². The summed E-state index contributed by atoms with van der Waals surface area (Å²) < 4.78 is 0. The Labute approximate surface area is 148 Å². The molecule has 7 heteroatoms. The first-order valence-electron chi connectivity index (χ1n) is 8.41. The average Bonchev–Trinajstić information content (AvgIpc) is 2.58. The molecule has 1 aromatic carbocycles. The monoisotopic (exact) mass is 346 g/mol. The topological polar surface area (TPSA) is 87.0 Å². The predicted octanol–water partition coefficient (Wildman–Crippen LogP) is 0.366. The maximum absolute atomic E-state index is 12.5. The number of carbonyl (C=O) groups is 3. The average molecular weight is 346 g/mol. The van der Waals surface area contributed by atoms with Crippen molar-refractivity contribution in [2.75, 3.05) is 38.1 Å². The summed E-state index contributed by atoms with van der Waals surface area (Å²) in [7, 11) is 1.95. The lowest BCUT2D eigenvalue weighted by molar-refractivity contribution is -0.146. The number of carbonyl (C=O) groups excluding carboxylic acids is 3. The summed E-state index contributed by atoms with van der Waals surface area (Å²) in [6.45, 7) is 4.95. The number of hydrogen-bond acceptors (Lipinski definition) is 4. The van der Waals surface area contributed by atoms with Crippen molar-refractivity contribution < 1.29 is 14.4 Å². The van der Waals surface area contributed by atoms with Gasteiger partial charge in [0.15, 0.2) is 0 Å². The standard InChI is InChI=1S/C18H26N4O3/c1-13-5-4-6-15(11-13)20(3)8-7-17(24)21-9-10-22(14(2)23)16(12-21)18(19)25/h4-6,11,16H,7-10,12H2,1-3H3,(H2,19,25)/t16-/m0/s1. The van der Waals surface area contributed by atoms with Gasteiger partial charge in [-0.25, -0.2) is 0 Å². The Balaban J connectivity index is 1.92. The number of benzene rings is 1. The van der Waals surface area contributed by atoms with E-state index in [4.69, 9.17) is 5.73 Å². The zero-order chi connectivity index (χ0) is 18.6. The molecule has 1 fully saturated rings. The summed E-state index contributed by atoms with van der Waals surface area (Å²) in [4.78, 5) is 40.8. The van der Waals surface area contributed by atoms with Gasteiger partial charge in [0.1, 0.15) is 6.04 Å². The third kappa shape index (κ3) is 4.71. The molecule has 2 rings (SSSR count). The Hall–Kier alpha value is -2.57. The number of nitrogens with zero attached hydrogens (tertiary/aromatic N) is 3. The maximum Gasteiger partial charge on any atom is 0.242 e. The van der Waals surface area contributed by atoms with Gasteiger partial charge in [-0.1, -0.05) is 12.1 Å². The molecule has 1 saturated heterocycles. The van der Waals surface area contributed by atoms with Gasteiger partial charge in [0, 0.05) is 45.7 Å². The highest BCUT2D eigenvalue weighted by Crippen LogP contribution is 2.16. The van der Waals surface area contributed by atoms with Crippen LogP contribution in [0.3, 0.4) is 0 Å². The van der Waals surface area contributed by atoms with Crippen LogP contribution in [-0.2, 0) is 14.4 Å². The Bertz CT molecular complexity index is 661. The van der Waals surface area contributed by atoms with Crippen LogP contribution in [0.5, 0.6) is 0 Å². The highest BCUT2D eigenvalue weighted by molar-refractivity contribution is 5.87. The molecule has 0 bridgehead atoms. The lowest BCUT2D eigenvalue weighted by atomic mass is 10.1. The summed E-state index contributed by atoms with van der Waals surface area (Å²) in [5, 5.41) is 0. The van der Waals surface area contributed by atoms with E-state index in [9.17, 15) is 14.4 Å². The highest BCUT2D eigenvalue weighted by Gasteiger charge is 2.34. The van der Waals surface area contributed by atoms with Gasteiger partial charge in [0.25, 0.3) is 0 Å². The van der Waals surface area contributed by atoms with Crippen LogP contribution in [-0.4, -0.2) is 66.8 Å². The lowest BCUT2D eigenvalue weighted by Gasteiger charge is -2.39. The van der Waals surface area contributed by atoms with Gasteiger partial charge in [-0.2, -0.15) is 0 Å². The Morgan fingerprint density at radius 3 is 2.60 bits per heavy atom. The highest BCUT2D eigenvalue weighted by atomic mass is 16.2. The molecule has 7 nitrogen and oxygen atoms in total. The van der Waals surface area contributed by atoms with Gasteiger partial charge < -0.3 is 20.4 Å². The van der Waals surface area contributed by atoms with Crippen LogP contribution in [0.2, 0.25) is 0 Å². The van der Waals surface area contributed by atoms with E-state index in [1.54, 1.807) is 4.90 Å². The molecule has 2 N–H and O–H groups in total. The Kier molecular flexibility index (Phi) is 6.01. The van der Waals surface area contributed by atoms with Crippen molar-refractivity contribution in [2.24, 2.45) is 5.73 Å². The minimum absolute atomic E-state index is 0.0334. The molecule has 0 aliphatic carbocycles. The Morgan fingerprint density at radius 1 is 1.28 bits per heavy atom. The van der Waals surface area contributed by atoms with Crippen LogP contribution in [0.25, 0.3) is 0 Å². The second-order valence-electron chi connectivity index (χ2n) is 6.48. The molecule has 0 radical (unpaired) electrons. The van der Waals surface area contributed by atoms with Crippen LogP contribution in [0, 0.1) is 6.92 Å². The molecular weight excluding hydrogens is 320 g/mol. The largest absolute Gasteiger partial charge is 0.374 e. The molecule has 0 aromatic heterocycles. The molecular formula is C18H26N4O3. The molecule has 0 spiro atoms. The molecule has 1 heterocycles. The van der Waals surface area contributed by atoms with Crippen molar-refractivity contribution in [2.45, 2.75) is 26.3 Å². The van der Waals surface area contributed by atoms with Crippen molar-refractivity contribution >= 4 is 23.4 Å². The SMILES string of the molecule is CC(=O)N1CCN(C(=O)CCN(C)c2cccc(C)c2)C[C@H]1C(N)=O. The minimum atomic E-state index is -0.746. The molecule has 0 saturated carbocycles. The zero-order valence-electron chi connectivity index (χ0n) is 15.1. The number of hydrogen-bond donors (Lipinski definition) is 1. The van der Waals surface area contributed by atoms with Crippen molar-refractivity contribution in [1.82, 2.24) is 9.80 Å². The normalized spacial score (nSPS) is 17.3. The number of anilines is 1. The van der Waals surface area contributed by atoms with Crippen LogP contribution in [0.15, 0.2) is 24.3 Å². The van der Waals surface area contributed by atoms with Gasteiger partial charge in [-0.05, 0) is 24.6 Å². The van der Waals surface area contributed by atoms with Crippen LogP contribution >= 0.6 is 0 Å². The first-order chi connectivity index (χ1) is 11.8. The molecule has 1 aromatic rings. The van der Waals surface area contributed by atoms with Crippen molar-refractivity contribution in [1.29, 1.82) is 0 Å². The fourth-order valence-electron chi connectivity index (χ4n) is 3.05. The van der Waals surface area contributed by atoms with Crippen molar-refractivity contribution in [3.8, 4) is 0 Å². The minimum Gasteiger partial charge on any atom is -0.374 e. The molecule has 136 valence electrons. The number of amides is 3. The zero-order valence-corrected chi connectivity index (χ0v) is 15.1. The first-order valence-corrected chi connectivity index (χ1v) is 8.41. The van der Waals surface area contributed by atoms with Gasteiger partial charge in [-0.3, -0.25) is 14.4 Å². The third-order valence-corrected chi connectivity index (χ3v) is 4.57. The van der Waals surface area contributed by atoms with E-state index in [0.29, 0.717) is 26.1 Å². The smallest absolute Gasteiger partial charge is 0.242 e. The van der Waals surface area contributed by atoms with E-state index < -0.39 is 11.9 Å². The van der Waals surface area contributed by atoms with E-state index >= 15 is 0 Å². The van der Waals surface area contributed by atoms with Crippen LogP contribution < -0.4 is 10.6 Å². The van der Waals surface area contributed by atoms with Crippen molar-refractivity contribution in [3.63, 3.8) is 0 Å². The van der Waals surface area contributed by atoms with Crippen LogP contribution in [0.4, 0.5) is 5.69 Å². The molecule has 1 atom stereocenters. The number of piperazine rings is 1. The van der Waals surface area contributed by atoms with Gasteiger partial charge >= 0.3 is 0 Å². The van der Waals surface area contributed by atoms with E-state index in [1.165, 1.54) is 17.4 Å². The second-order valence-corrected chi connectivity index (χ2v) is 6.48. The molecule has 1 aliphatic heterocycles. The van der Waals surface area contributed by atoms with E-state index in [0.717, 1.165) is 5.69 Å². The maximum atomic E-state index is 12.5. The van der Waals surface area contributed by atoms with Crippen LogP contribution in [0.1, 0.15) is 18.9 Å². The second kappa shape index (κ2) is 8.00. The molecule has 0 unspecified atom stereocenters. The van der Waals surface area contributed by atoms with E-state index in [2.05, 4.69) is 6.07 Å². The fraction of sp³-hybridized carbons (Fsp3) is 0.500. The van der Waals surface area contributed by atoms with Crippen molar-refractivity contribution in [3.05, 3.63) is 29.8 Å². The Morgan fingerprint density at radius 2 is 2.00 bits per heavy atom. The third-order valence-electron chi connectivity index (χ3n) is 4.57. The lowest BCUT2D eigenvalue weighted by Crippen LogP contribution is -2.60. The summed E-state index contributed by atoms with van der Waals surface area (Å²) in [6.07, 6.45) is 0.343. The number of aryl methyl sites for hydroxylation is 1. The fourth-order valence-corrected chi connectivity index (χ4v) is 3.05. The van der Waals surface area contributed by atoms with Gasteiger partial charge in [0.2, 0.25) is 17.7 Å². The molecule has 3 amide bonds. The molecule has 1 aliphatic rings. The predicted molar refractivity (Wildman–Crippen MR) is 96.0 cm³/mol. The number of nitrogens with two attached hydrogens (primary N) is 1.